The Hall–Kier alpha value is -0.610. The largest absolute Gasteiger partial charge is 0.496 e. The lowest BCUT2D eigenvalue weighted by molar-refractivity contribution is 0.0893. The molecule has 2 saturated heterocycles. The third kappa shape index (κ3) is 2.79. The zero-order valence-corrected chi connectivity index (χ0v) is 12.7. The number of methoxy groups -OCH3 is 1. The van der Waals surface area contributed by atoms with Crippen molar-refractivity contribution < 1.29 is 9.13 Å². The minimum atomic E-state index is -1.05. The molecule has 1 aromatic rings. The minimum absolute atomic E-state index is 0.380. The third-order valence-electron chi connectivity index (χ3n) is 4.30. The summed E-state index contributed by atoms with van der Waals surface area (Å²) < 4.78 is 21.1. The molecule has 0 saturated carbocycles. The van der Waals surface area contributed by atoms with Gasteiger partial charge >= 0.3 is 0 Å². The summed E-state index contributed by atoms with van der Waals surface area (Å²) in [6.07, 6.45) is 4.05. The van der Waals surface area contributed by atoms with Crippen molar-refractivity contribution in [1.29, 1.82) is 0 Å². The van der Waals surface area contributed by atoms with Gasteiger partial charge in [-0.3, -0.25) is 0 Å². The Bertz CT molecular complexity index is 467. The van der Waals surface area contributed by atoms with Gasteiger partial charge in [-0.25, -0.2) is 4.39 Å². The quantitative estimate of drug-likeness (QED) is 0.915. The van der Waals surface area contributed by atoms with E-state index >= 15 is 4.39 Å². The van der Waals surface area contributed by atoms with Gasteiger partial charge in [-0.2, -0.15) is 0 Å². The van der Waals surface area contributed by atoms with E-state index in [0.29, 0.717) is 31.3 Å². The Labute approximate surface area is 121 Å². The third-order valence-corrected chi connectivity index (χ3v) is 4.92. The molecule has 0 radical (unpaired) electrons. The number of fused-ring (bicyclic) bond motifs is 2. The molecule has 2 aliphatic heterocycles. The summed E-state index contributed by atoms with van der Waals surface area (Å²) >= 11 is 3.47. The molecule has 4 heteroatoms. The summed E-state index contributed by atoms with van der Waals surface area (Å²) in [6.45, 7) is 0. The molecule has 104 valence electrons. The van der Waals surface area contributed by atoms with Crippen LogP contribution in [0.5, 0.6) is 5.75 Å². The fourth-order valence-electron chi connectivity index (χ4n) is 3.52. The van der Waals surface area contributed by atoms with E-state index in [0.717, 1.165) is 28.6 Å². The van der Waals surface area contributed by atoms with Crippen LogP contribution in [0.15, 0.2) is 22.7 Å². The van der Waals surface area contributed by atoms with E-state index in [2.05, 4.69) is 21.2 Å². The van der Waals surface area contributed by atoms with Gasteiger partial charge in [-0.05, 0) is 59.3 Å². The topological polar surface area (TPSA) is 21.3 Å². The zero-order chi connectivity index (χ0) is 13.5. The number of alkyl halides is 1. The molecule has 2 bridgehead atoms. The number of hydrogen-bond donors (Lipinski definition) is 1. The van der Waals surface area contributed by atoms with E-state index in [-0.39, 0.29) is 0 Å². The van der Waals surface area contributed by atoms with Gasteiger partial charge < -0.3 is 10.1 Å². The van der Waals surface area contributed by atoms with Gasteiger partial charge in [0.25, 0.3) is 0 Å². The molecular formula is C15H19BrFNO. The summed E-state index contributed by atoms with van der Waals surface area (Å²) in [5.41, 5.74) is -0.0121. The minimum Gasteiger partial charge on any atom is -0.496 e. The smallest absolute Gasteiger partial charge is 0.133 e. The van der Waals surface area contributed by atoms with Gasteiger partial charge in [-0.15, -0.1) is 0 Å². The van der Waals surface area contributed by atoms with Crippen molar-refractivity contribution in [3.8, 4) is 5.75 Å². The molecule has 2 unspecified atom stereocenters. The number of ether oxygens (including phenoxy) is 1. The summed E-state index contributed by atoms with van der Waals surface area (Å²) in [4.78, 5) is 0. The first-order valence-corrected chi connectivity index (χ1v) is 7.65. The van der Waals surface area contributed by atoms with E-state index in [1.165, 1.54) is 0 Å². The van der Waals surface area contributed by atoms with Crippen molar-refractivity contribution in [2.45, 2.75) is 49.9 Å². The summed E-state index contributed by atoms with van der Waals surface area (Å²) in [5.74, 6) is 0.794. The van der Waals surface area contributed by atoms with Gasteiger partial charge in [0, 0.05) is 18.5 Å². The number of piperidine rings is 1. The average Bonchev–Trinajstić information content (AvgIpc) is 2.69. The highest BCUT2D eigenvalue weighted by Crippen LogP contribution is 2.39. The lowest BCUT2D eigenvalue weighted by Crippen LogP contribution is -2.47. The fourth-order valence-corrected chi connectivity index (χ4v) is 4.11. The van der Waals surface area contributed by atoms with Crippen LogP contribution in [0.25, 0.3) is 0 Å². The van der Waals surface area contributed by atoms with Gasteiger partial charge in [0.1, 0.15) is 11.4 Å². The molecule has 19 heavy (non-hydrogen) atoms. The van der Waals surface area contributed by atoms with E-state index < -0.39 is 5.67 Å². The van der Waals surface area contributed by atoms with E-state index in [9.17, 15) is 0 Å². The maximum atomic E-state index is 15.0. The number of nitrogens with one attached hydrogen (secondary N) is 1. The number of hydrogen-bond acceptors (Lipinski definition) is 2. The van der Waals surface area contributed by atoms with Crippen molar-refractivity contribution in [3.05, 3.63) is 28.2 Å². The molecule has 2 aliphatic rings. The Balaban J connectivity index is 1.75. The molecule has 0 spiro atoms. The second-order valence-electron chi connectivity index (χ2n) is 5.84. The molecule has 0 amide bonds. The number of halogens is 2. The van der Waals surface area contributed by atoms with Crippen LogP contribution in [0.2, 0.25) is 0 Å². The molecule has 1 N–H and O–H groups in total. The molecule has 3 rings (SSSR count). The lowest BCUT2D eigenvalue weighted by Gasteiger charge is -2.35. The SMILES string of the molecule is COc1ccc(CC2(F)CC3CCC(C2)N3)cc1Br. The van der Waals surface area contributed by atoms with Crippen LogP contribution in [0, 0.1) is 0 Å². The molecule has 0 aliphatic carbocycles. The second-order valence-corrected chi connectivity index (χ2v) is 6.70. The van der Waals surface area contributed by atoms with Gasteiger partial charge in [0.15, 0.2) is 0 Å². The normalized spacial score (nSPS) is 33.4. The van der Waals surface area contributed by atoms with Gasteiger partial charge in [-0.1, -0.05) is 6.07 Å². The maximum Gasteiger partial charge on any atom is 0.133 e. The average molecular weight is 328 g/mol. The molecule has 2 heterocycles. The van der Waals surface area contributed by atoms with Crippen LogP contribution in [-0.4, -0.2) is 24.9 Å². The first kappa shape index (κ1) is 13.4. The summed E-state index contributed by atoms with van der Waals surface area (Å²) in [5, 5.41) is 3.49. The summed E-state index contributed by atoms with van der Waals surface area (Å²) in [6, 6.07) is 6.60. The van der Waals surface area contributed by atoms with Crippen LogP contribution in [0.4, 0.5) is 4.39 Å². The molecule has 2 atom stereocenters. The zero-order valence-electron chi connectivity index (χ0n) is 11.1. The van der Waals surface area contributed by atoms with E-state index in [1.807, 2.05) is 18.2 Å². The Morgan fingerprint density at radius 3 is 2.63 bits per heavy atom. The molecule has 0 aromatic heterocycles. The van der Waals surface area contributed by atoms with E-state index in [1.54, 1.807) is 7.11 Å². The van der Waals surface area contributed by atoms with Crippen molar-refractivity contribution in [2.75, 3.05) is 7.11 Å². The first-order valence-electron chi connectivity index (χ1n) is 6.85. The predicted molar refractivity (Wildman–Crippen MR) is 77.4 cm³/mol. The fraction of sp³-hybridized carbons (Fsp3) is 0.600. The maximum absolute atomic E-state index is 15.0. The first-order chi connectivity index (χ1) is 9.08. The second kappa shape index (κ2) is 5.06. The predicted octanol–water partition coefficient (Wildman–Crippen LogP) is 3.62. The van der Waals surface area contributed by atoms with Gasteiger partial charge in [0.2, 0.25) is 0 Å². The Morgan fingerprint density at radius 2 is 2.05 bits per heavy atom. The van der Waals surface area contributed by atoms with Crippen molar-refractivity contribution in [2.24, 2.45) is 0 Å². The lowest BCUT2D eigenvalue weighted by atomic mass is 9.84. The van der Waals surface area contributed by atoms with Crippen molar-refractivity contribution >= 4 is 15.9 Å². The van der Waals surface area contributed by atoms with Crippen LogP contribution < -0.4 is 10.1 Å². The van der Waals surface area contributed by atoms with Crippen LogP contribution >= 0.6 is 15.9 Å². The highest BCUT2D eigenvalue weighted by Gasteiger charge is 2.43. The van der Waals surface area contributed by atoms with Crippen molar-refractivity contribution in [3.63, 3.8) is 0 Å². The highest BCUT2D eigenvalue weighted by molar-refractivity contribution is 9.10. The Morgan fingerprint density at radius 1 is 1.37 bits per heavy atom. The number of benzene rings is 1. The molecular weight excluding hydrogens is 309 g/mol. The van der Waals surface area contributed by atoms with E-state index in [4.69, 9.17) is 4.74 Å². The van der Waals surface area contributed by atoms with Crippen LogP contribution in [-0.2, 0) is 6.42 Å². The van der Waals surface area contributed by atoms with Crippen LogP contribution in [0.1, 0.15) is 31.2 Å². The summed E-state index contributed by atoms with van der Waals surface area (Å²) in [7, 11) is 1.64. The van der Waals surface area contributed by atoms with Gasteiger partial charge in [0.05, 0.1) is 11.6 Å². The Kier molecular flexibility index (Phi) is 3.56. The monoisotopic (exact) mass is 327 g/mol. The molecule has 1 aromatic carbocycles. The van der Waals surface area contributed by atoms with Crippen molar-refractivity contribution in [1.82, 2.24) is 5.32 Å². The standard InChI is InChI=1S/C15H19BrFNO/c1-19-14-5-2-10(6-13(14)16)7-15(17)8-11-3-4-12(9-15)18-11/h2,5-6,11-12,18H,3-4,7-9H2,1H3. The molecule has 2 fully saturated rings. The highest BCUT2D eigenvalue weighted by atomic mass is 79.9. The van der Waals surface area contributed by atoms with Crippen LogP contribution in [0.3, 0.4) is 0 Å². The number of rotatable bonds is 3. The molecule has 2 nitrogen and oxygen atoms in total.